The maximum absolute atomic E-state index is 13.1. The van der Waals surface area contributed by atoms with E-state index in [4.69, 9.17) is 9.47 Å². The third-order valence-corrected chi connectivity index (χ3v) is 4.52. The van der Waals surface area contributed by atoms with Crippen molar-refractivity contribution in [3.63, 3.8) is 0 Å². The number of fused-ring (bicyclic) bond motifs is 1. The third-order valence-electron chi connectivity index (χ3n) is 4.52. The molecule has 0 unspecified atom stereocenters. The zero-order valence-corrected chi connectivity index (χ0v) is 15.6. The number of nitrogens with zero attached hydrogens (tertiary/aromatic N) is 4. The van der Waals surface area contributed by atoms with E-state index in [-0.39, 0.29) is 5.52 Å². The molecule has 2 heterocycles. The number of aryl methyl sites for hydroxylation is 1. The topological polar surface area (TPSA) is 85.4 Å². The first kappa shape index (κ1) is 17.6. The summed E-state index contributed by atoms with van der Waals surface area (Å²) < 4.78 is 14.3. The highest BCUT2D eigenvalue weighted by Crippen LogP contribution is 2.19. The van der Waals surface area contributed by atoms with Crippen molar-refractivity contribution in [3.05, 3.63) is 70.8 Å². The second kappa shape index (κ2) is 6.73. The van der Waals surface area contributed by atoms with E-state index in [0.29, 0.717) is 28.6 Å². The summed E-state index contributed by atoms with van der Waals surface area (Å²) >= 11 is 0. The van der Waals surface area contributed by atoms with Crippen LogP contribution in [-0.2, 0) is 0 Å². The van der Waals surface area contributed by atoms with Gasteiger partial charge in [-0.2, -0.15) is 0 Å². The molecule has 0 N–H and O–H groups in total. The lowest BCUT2D eigenvalue weighted by Crippen LogP contribution is -2.35. The number of rotatable bonds is 4. The summed E-state index contributed by atoms with van der Waals surface area (Å²) in [7, 11) is 3.14. The van der Waals surface area contributed by atoms with E-state index in [2.05, 4.69) is 5.21 Å². The smallest absolute Gasteiger partial charge is 0.308 e. The van der Waals surface area contributed by atoms with Gasteiger partial charge in [-0.15, -0.1) is 4.68 Å². The SMILES string of the molecule is COc1ccc(-n2n[n+]3cc(C)n(-c4ccc(OC)cc4)c(=O)c3c2[O-])cc1. The fourth-order valence-corrected chi connectivity index (χ4v) is 3.11. The van der Waals surface area contributed by atoms with Gasteiger partial charge in [-0.25, -0.2) is 0 Å². The van der Waals surface area contributed by atoms with Gasteiger partial charge in [0.1, 0.15) is 28.8 Å². The Balaban J connectivity index is 1.90. The van der Waals surface area contributed by atoms with E-state index in [0.717, 1.165) is 0 Å². The first-order valence-electron chi connectivity index (χ1n) is 8.56. The summed E-state index contributed by atoms with van der Waals surface area (Å²) in [5.41, 5.74) is 1.36. The molecule has 142 valence electrons. The molecule has 2 aromatic carbocycles. The highest BCUT2D eigenvalue weighted by Gasteiger charge is 2.21. The fraction of sp³-hybridized carbons (Fsp3) is 0.150. The van der Waals surface area contributed by atoms with Crippen LogP contribution in [0.15, 0.2) is 59.5 Å². The molecule has 0 spiro atoms. The molecule has 4 rings (SSSR count). The van der Waals surface area contributed by atoms with Crippen LogP contribution in [0.2, 0.25) is 0 Å². The molecule has 0 atom stereocenters. The highest BCUT2D eigenvalue weighted by molar-refractivity contribution is 5.52. The number of methoxy groups -OCH3 is 2. The maximum atomic E-state index is 13.1. The summed E-state index contributed by atoms with van der Waals surface area (Å²) in [6, 6.07) is 13.9. The minimum Gasteiger partial charge on any atom is -0.837 e. The van der Waals surface area contributed by atoms with Crippen LogP contribution in [-0.4, -0.2) is 28.7 Å². The Kier molecular flexibility index (Phi) is 4.23. The molecule has 0 saturated heterocycles. The van der Waals surface area contributed by atoms with Crippen molar-refractivity contribution in [2.75, 3.05) is 14.2 Å². The van der Waals surface area contributed by atoms with Crippen molar-refractivity contribution in [1.29, 1.82) is 0 Å². The third kappa shape index (κ3) is 2.75. The Morgan fingerprint density at radius 2 is 1.46 bits per heavy atom. The molecule has 0 aliphatic rings. The Hall–Kier alpha value is -3.81. The Bertz CT molecular complexity index is 1210. The minimum absolute atomic E-state index is 0.0303. The molecule has 0 radical (unpaired) electrons. The van der Waals surface area contributed by atoms with Crippen LogP contribution in [0.5, 0.6) is 17.4 Å². The standard InChI is InChI=1S/C20H18N4O4/c1-13-12-22-18(19(25)23(13)14-4-8-16(27-2)9-5-14)20(26)24(21-22)15-6-10-17(28-3)11-7-15/h4-12H,1-3H3. The van der Waals surface area contributed by atoms with Crippen LogP contribution >= 0.6 is 0 Å². The van der Waals surface area contributed by atoms with Crippen LogP contribution in [0.1, 0.15) is 5.69 Å². The summed E-state index contributed by atoms with van der Waals surface area (Å²) in [5, 5.41) is 17.2. The number of benzene rings is 2. The lowest BCUT2D eigenvalue weighted by Gasteiger charge is -2.09. The first-order valence-corrected chi connectivity index (χ1v) is 8.56. The maximum Gasteiger partial charge on any atom is 0.308 e. The van der Waals surface area contributed by atoms with Crippen LogP contribution in [0.25, 0.3) is 16.9 Å². The van der Waals surface area contributed by atoms with Gasteiger partial charge in [-0.1, -0.05) is 4.52 Å². The van der Waals surface area contributed by atoms with Crippen LogP contribution in [0.3, 0.4) is 0 Å². The fourth-order valence-electron chi connectivity index (χ4n) is 3.11. The second-order valence-electron chi connectivity index (χ2n) is 6.21. The van der Waals surface area contributed by atoms with Crippen LogP contribution in [0, 0.1) is 6.92 Å². The second-order valence-corrected chi connectivity index (χ2v) is 6.21. The molecule has 8 nitrogen and oxygen atoms in total. The summed E-state index contributed by atoms with van der Waals surface area (Å²) in [6.45, 7) is 1.79. The number of hydrogen-bond acceptors (Lipinski definition) is 5. The van der Waals surface area contributed by atoms with Gasteiger partial charge in [-0.3, -0.25) is 9.36 Å². The van der Waals surface area contributed by atoms with Crippen molar-refractivity contribution in [3.8, 4) is 28.8 Å². The Labute approximate surface area is 160 Å². The lowest BCUT2D eigenvalue weighted by atomic mass is 10.2. The van der Waals surface area contributed by atoms with Crippen molar-refractivity contribution in [1.82, 2.24) is 14.5 Å². The van der Waals surface area contributed by atoms with Crippen LogP contribution < -0.4 is 24.7 Å². The summed E-state index contributed by atoms with van der Waals surface area (Å²) in [5.74, 6) is 0.859. The van der Waals surface area contributed by atoms with Gasteiger partial charge in [0, 0.05) is 5.69 Å². The molecule has 28 heavy (non-hydrogen) atoms. The number of ether oxygens (including phenoxy) is 2. The highest BCUT2D eigenvalue weighted by atomic mass is 16.5. The molecule has 0 aliphatic carbocycles. The van der Waals surface area contributed by atoms with Crippen molar-refractivity contribution >= 4 is 5.52 Å². The molecule has 0 saturated carbocycles. The Morgan fingerprint density at radius 3 is 2.00 bits per heavy atom. The molecular weight excluding hydrogens is 360 g/mol. The predicted octanol–water partition coefficient (Wildman–Crippen LogP) is 1.16. The first-order chi connectivity index (χ1) is 13.5. The van der Waals surface area contributed by atoms with Gasteiger partial charge < -0.3 is 14.6 Å². The van der Waals surface area contributed by atoms with E-state index in [1.54, 1.807) is 75.9 Å². The van der Waals surface area contributed by atoms with E-state index in [1.807, 2.05) is 0 Å². The molecule has 8 heteroatoms. The lowest BCUT2D eigenvalue weighted by molar-refractivity contribution is -0.585. The number of aromatic nitrogens is 4. The molecule has 0 aliphatic heterocycles. The molecular formula is C20H18N4O4. The van der Waals surface area contributed by atoms with E-state index >= 15 is 0 Å². The average Bonchev–Trinajstić information content (AvgIpc) is 3.04. The summed E-state index contributed by atoms with van der Waals surface area (Å²) in [6.07, 6.45) is 1.66. The quantitative estimate of drug-likeness (QED) is 0.498. The van der Waals surface area contributed by atoms with Gasteiger partial charge in [0.25, 0.3) is 5.52 Å². The molecule has 2 aromatic heterocycles. The van der Waals surface area contributed by atoms with Crippen LogP contribution in [0.4, 0.5) is 0 Å². The van der Waals surface area contributed by atoms with Gasteiger partial charge in [-0.05, 0) is 55.5 Å². The molecule has 0 bridgehead atoms. The average molecular weight is 378 g/mol. The van der Waals surface area contributed by atoms with E-state index < -0.39 is 11.4 Å². The van der Waals surface area contributed by atoms with Gasteiger partial charge in [0.05, 0.1) is 19.9 Å². The van der Waals surface area contributed by atoms with Crippen molar-refractivity contribution in [2.24, 2.45) is 0 Å². The minimum atomic E-state index is -0.488. The van der Waals surface area contributed by atoms with E-state index in [9.17, 15) is 9.90 Å². The largest absolute Gasteiger partial charge is 0.837 e. The van der Waals surface area contributed by atoms with Gasteiger partial charge in [0.15, 0.2) is 5.69 Å². The Morgan fingerprint density at radius 1 is 0.929 bits per heavy atom. The van der Waals surface area contributed by atoms with Gasteiger partial charge in [0.2, 0.25) is 0 Å². The van der Waals surface area contributed by atoms with E-state index in [1.165, 1.54) is 13.8 Å². The molecule has 0 fully saturated rings. The monoisotopic (exact) mass is 378 g/mol. The van der Waals surface area contributed by atoms with Crippen molar-refractivity contribution < 1.29 is 19.1 Å². The predicted molar refractivity (Wildman–Crippen MR) is 99.6 cm³/mol. The molecule has 0 amide bonds. The normalized spacial score (nSPS) is 11.0. The zero-order chi connectivity index (χ0) is 19.8. The molecule has 4 aromatic rings. The van der Waals surface area contributed by atoms with Gasteiger partial charge >= 0.3 is 5.56 Å². The van der Waals surface area contributed by atoms with Crippen molar-refractivity contribution in [2.45, 2.75) is 6.92 Å². The number of hydrogen-bond donors (Lipinski definition) is 0. The summed E-state index contributed by atoms with van der Waals surface area (Å²) in [4.78, 5) is 13.1. The zero-order valence-electron chi connectivity index (χ0n) is 15.6.